The van der Waals surface area contributed by atoms with Crippen molar-refractivity contribution < 1.29 is 33.4 Å². The first-order chi connectivity index (χ1) is 15.1. The quantitative estimate of drug-likeness (QED) is 0.369. The van der Waals surface area contributed by atoms with Crippen molar-refractivity contribution in [2.75, 3.05) is 13.2 Å². The van der Waals surface area contributed by atoms with Gasteiger partial charge in [-0.3, -0.25) is 34.2 Å². The topological polar surface area (TPSA) is 119 Å². The number of amides is 4. The summed E-state index contributed by atoms with van der Waals surface area (Å²) in [6.45, 7) is 6.03. The largest absolute Gasteiger partial charge is 0.460 e. The molecule has 1 aromatic rings. The molecule has 2 heterocycles. The van der Waals surface area contributed by atoms with Crippen LogP contribution in [0.1, 0.15) is 72.7 Å². The van der Waals surface area contributed by atoms with Crippen LogP contribution in [0.2, 0.25) is 0 Å². The number of imide groups is 2. The van der Waals surface area contributed by atoms with Crippen LogP contribution >= 0.6 is 0 Å². The van der Waals surface area contributed by atoms with Gasteiger partial charge in [-0.2, -0.15) is 0 Å². The number of hydrogen-bond acceptors (Lipinski definition) is 7. The SMILES string of the molecule is CC(C)(C)OC(=O)CCOCCCc1cccc2c1C(=O)N(C1CCC(=O)NC1=O)C2=O. The Labute approximate surface area is 186 Å². The van der Waals surface area contributed by atoms with Crippen LogP contribution in [-0.4, -0.2) is 59.4 Å². The lowest BCUT2D eigenvalue weighted by molar-refractivity contribution is -0.156. The smallest absolute Gasteiger partial charge is 0.308 e. The summed E-state index contributed by atoms with van der Waals surface area (Å²) in [6.07, 6.45) is 1.45. The van der Waals surface area contributed by atoms with Gasteiger partial charge in [0.2, 0.25) is 11.8 Å². The molecule has 9 heteroatoms. The normalized spacial score (nSPS) is 18.6. The molecule has 4 amide bonds. The minimum absolute atomic E-state index is 0.0807. The average molecular weight is 444 g/mol. The van der Waals surface area contributed by atoms with Crippen molar-refractivity contribution in [2.24, 2.45) is 0 Å². The first-order valence-corrected chi connectivity index (χ1v) is 10.7. The number of ether oxygens (including phenoxy) is 2. The van der Waals surface area contributed by atoms with Gasteiger partial charge >= 0.3 is 5.97 Å². The molecule has 0 radical (unpaired) electrons. The van der Waals surface area contributed by atoms with Crippen LogP contribution < -0.4 is 5.32 Å². The fraction of sp³-hybridized carbons (Fsp3) is 0.522. The third-order valence-electron chi connectivity index (χ3n) is 5.16. The van der Waals surface area contributed by atoms with Gasteiger partial charge in [0, 0.05) is 13.0 Å². The van der Waals surface area contributed by atoms with E-state index in [1.54, 1.807) is 39.0 Å². The molecule has 1 unspecified atom stereocenters. The van der Waals surface area contributed by atoms with Crippen molar-refractivity contribution in [1.82, 2.24) is 10.2 Å². The molecule has 0 spiro atoms. The van der Waals surface area contributed by atoms with Crippen molar-refractivity contribution >= 4 is 29.6 Å². The molecule has 2 aliphatic heterocycles. The number of hydrogen-bond donors (Lipinski definition) is 1. The number of aryl methyl sites for hydroxylation is 1. The highest BCUT2D eigenvalue weighted by Crippen LogP contribution is 2.30. The van der Waals surface area contributed by atoms with Crippen molar-refractivity contribution in [3.8, 4) is 0 Å². The molecular weight excluding hydrogens is 416 g/mol. The van der Waals surface area contributed by atoms with Gasteiger partial charge in [0.05, 0.1) is 24.2 Å². The summed E-state index contributed by atoms with van der Waals surface area (Å²) >= 11 is 0. The molecule has 0 aromatic heterocycles. The summed E-state index contributed by atoms with van der Waals surface area (Å²) in [5, 5.41) is 2.19. The van der Waals surface area contributed by atoms with Crippen LogP contribution in [-0.2, 0) is 30.3 Å². The van der Waals surface area contributed by atoms with Crippen molar-refractivity contribution in [2.45, 2.75) is 64.5 Å². The zero-order valence-corrected chi connectivity index (χ0v) is 18.6. The number of esters is 1. The van der Waals surface area contributed by atoms with Gasteiger partial charge in [-0.25, -0.2) is 0 Å². The molecule has 1 fully saturated rings. The third-order valence-corrected chi connectivity index (χ3v) is 5.16. The summed E-state index contributed by atoms with van der Waals surface area (Å²) < 4.78 is 10.7. The second-order valence-corrected chi connectivity index (χ2v) is 8.84. The maximum Gasteiger partial charge on any atom is 0.308 e. The summed E-state index contributed by atoms with van der Waals surface area (Å²) in [5.41, 5.74) is 0.738. The molecule has 32 heavy (non-hydrogen) atoms. The van der Waals surface area contributed by atoms with E-state index >= 15 is 0 Å². The lowest BCUT2D eigenvalue weighted by Crippen LogP contribution is -2.54. The number of carbonyl (C=O) groups excluding carboxylic acids is 5. The Morgan fingerprint density at radius 1 is 1.12 bits per heavy atom. The minimum Gasteiger partial charge on any atom is -0.460 e. The number of nitrogens with one attached hydrogen (secondary N) is 1. The Balaban J connectivity index is 1.55. The van der Waals surface area contributed by atoms with E-state index in [0.29, 0.717) is 30.6 Å². The van der Waals surface area contributed by atoms with Crippen LogP contribution in [0.5, 0.6) is 0 Å². The lowest BCUT2D eigenvalue weighted by atomic mass is 9.99. The Morgan fingerprint density at radius 3 is 2.56 bits per heavy atom. The molecule has 0 bridgehead atoms. The van der Waals surface area contributed by atoms with E-state index in [1.165, 1.54) is 0 Å². The Bertz CT molecular complexity index is 948. The van der Waals surface area contributed by atoms with E-state index in [-0.39, 0.29) is 37.4 Å². The second-order valence-electron chi connectivity index (χ2n) is 8.84. The molecule has 1 aromatic carbocycles. The molecule has 9 nitrogen and oxygen atoms in total. The first-order valence-electron chi connectivity index (χ1n) is 10.7. The molecule has 0 aliphatic carbocycles. The van der Waals surface area contributed by atoms with Crippen LogP contribution in [0.3, 0.4) is 0 Å². The summed E-state index contributed by atoms with van der Waals surface area (Å²) in [4.78, 5) is 62.1. The molecule has 1 saturated heterocycles. The Kier molecular flexibility index (Phi) is 7.08. The number of nitrogens with zero attached hydrogens (tertiary/aromatic N) is 1. The van der Waals surface area contributed by atoms with Gasteiger partial charge < -0.3 is 9.47 Å². The molecular formula is C23H28N2O7. The lowest BCUT2D eigenvalue weighted by Gasteiger charge is -2.27. The second kappa shape index (κ2) is 9.60. The molecule has 0 saturated carbocycles. The van der Waals surface area contributed by atoms with Crippen LogP contribution in [0.15, 0.2) is 18.2 Å². The van der Waals surface area contributed by atoms with E-state index in [2.05, 4.69) is 5.32 Å². The van der Waals surface area contributed by atoms with E-state index in [9.17, 15) is 24.0 Å². The van der Waals surface area contributed by atoms with Crippen LogP contribution in [0, 0.1) is 0 Å². The summed E-state index contributed by atoms with van der Waals surface area (Å²) in [6, 6.07) is 4.07. The predicted octanol–water partition coefficient (Wildman–Crippen LogP) is 1.77. The number of carbonyl (C=O) groups is 5. The highest BCUT2D eigenvalue weighted by atomic mass is 16.6. The fourth-order valence-electron chi connectivity index (χ4n) is 3.81. The Morgan fingerprint density at radius 2 is 1.88 bits per heavy atom. The number of rotatable bonds is 8. The van der Waals surface area contributed by atoms with E-state index in [0.717, 1.165) is 4.90 Å². The van der Waals surface area contributed by atoms with Crippen molar-refractivity contribution in [3.63, 3.8) is 0 Å². The predicted molar refractivity (Wildman–Crippen MR) is 113 cm³/mol. The summed E-state index contributed by atoms with van der Waals surface area (Å²) in [5.74, 6) is -2.39. The zero-order chi connectivity index (χ0) is 23.5. The molecule has 1 atom stereocenters. The van der Waals surface area contributed by atoms with Gasteiger partial charge in [-0.15, -0.1) is 0 Å². The van der Waals surface area contributed by atoms with Crippen molar-refractivity contribution in [1.29, 1.82) is 0 Å². The van der Waals surface area contributed by atoms with Crippen molar-refractivity contribution in [3.05, 3.63) is 34.9 Å². The fourth-order valence-corrected chi connectivity index (χ4v) is 3.81. The average Bonchev–Trinajstić information content (AvgIpc) is 2.95. The summed E-state index contributed by atoms with van der Waals surface area (Å²) in [7, 11) is 0. The van der Waals surface area contributed by atoms with Crippen LogP contribution in [0.4, 0.5) is 0 Å². The van der Waals surface area contributed by atoms with E-state index < -0.39 is 35.3 Å². The zero-order valence-electron chi connectivity index (χ0n) is 18.6. The monoisotopic (exact) mass is 444 g/mol. The molecule has 1 N–H and O–H groups in total. The molecule has 2 aliphatic rings. The van der Waals surface area contributed by atoms with E-state index in [4.69, 9.17) is 9.47 Å². The third kappa shape index (κ3) is 5.40. The number of piperidine rings is 1. The van der Waals surface area contributed by atoms with Gasteiger partial charge in [-0.05, 0) is 51.7 Å². The van der Waals surface area contributed by atoms with E-state index in [1.807, 2.05) is 0 Å². The Hall–Kier alpha value is -3.07. The first kappa shape index (κ1) is 23.6. The molecule has 172 valence electrons. The van der Waals surface area contributed by atoms with Gasteiger partial charge in [-0.1, -0.05) is 12.1 Å². The van der Waals surface area contributed by atoms with Gasteiger partial charge in [0.1, 0.15) is 11.6 Å². The highest BCUT2D eigenvalue weighted by molar-refractivity contribution is 6.24. The number of fused-ring (bicyclic) bond motifs is 1. The standard InChI is InChI=1S/C23H28N2O7/c1-23(2,3)32-18(27)11-13-31-12-5-7-14-6-4-8-15-19(14)22(30)25(21(15)29)16-9-10-17(26)24-20(16)28/h4,6,8,16H,5,7,9-13H2,1-3H3,(H,24,26,28). The maximum atomic E-state index is 13.0. The maximum absolute atomic E-state index is 13.0. The minimum atomic E-state index is -0.982. The van der Waals surface area contributed by atoms with Gasteiger partial charge in [0.25, 0.3) is 11.8 Å². The molecule has 3 rings (SSSR count). The van der Waals surface area contributed by atoms with Gasteiger partial charge in [0.15, 0.2) is 0 Å². The van der Waals surface area contributed by atoms with Crippen LogP contribution in [0.25, 0.3) is 0 Å². The highest BCUT2D eigenvalue weighted by Gasteiger charge is 2.45. The number of benzene rings is 1.